The molecule has 2 aliphatic rings. The first kappa shape index (κ1) is 18.1. The van der Waals surface area contributed by atoms with E-state index in [4.69, 9.17) is 9.97 Å². The van der Waals surface area contributed by atoms with E-state index in [9.17, 15) is 8.78 Å². The van der Waals surface area contributed by atoms with Crippen LogP contribution in [0.2, 0.25) is 0 Å². The third-order valence-electron chi connectivity index (χ3n) is 6.49. The highest BCUT2D eigenvalue weighted by atomic mass is 19.1. The normalized spacial score (nSPS) is 16.3. The summed E-state index contributed by atoms with van der Waals surface area (Å²) in [6.45, 7) is 0. The van der Waals surface area contributed by atoms with Crippen molar-refractivity contribution in [2.75, 3.05) is 0 Å². The Morgan fingerprint density at radius 1 is 0.625 bits per heavy atom. The van der Waals surface area contributed by atoms with E-state index in [1.807, 2.05) is 18.2 Å². The maximum absolute atomic E-state index is 13.9. The first-order valence-corrected chi connectivity index (χ1v) is 11.1. The van der Waals surface area contributed by atoms with E-state index in [1.54, 1.807) is 24.3 Å². The zero-order valence-corrected chi connectivity index (χ0v) is 17.3. The second kappa shape index (κ2) is 6.48. The lowest BCUT2D eigenvalue weighted by Gasteiger charge is -2.10. The Labute approximate surface area is 183 Å². The summed E-state index contributed by atoms with van der Waals surface area (Å²) in [4.78, 5) is 9.82. The minimum atomic E-state index is -0.261. The van der Waals surface area contributed by atoms with Crippen LogP contribution in [0.5, 0.6) is 0 Å². The fraction of sp³-hybridized carbons (Fsp3) is 0.231. The molecule has 5 aromatic rings. The van der Waals surface area contributed by atoms with Gasteiger partial charge in [-0.05, 0) is 62.1 Å². The van der Waals surface area contributed by atoms with E-state index in [0.29, 0.717) is 12.1 Å². The highest BCUT2D eigenvalue weighted by molar-refractivity contribution is 5.95. The molecule has 0 radical (unpaired) electrons. The second-order valence-corrected chi connectivity index (χ2v) is 8.92. The van der Waals surface area contributed by atoms with Gasteiger partial charge in [-0.1, -0.05) is 24.3 Å². The van der Waals surface area contributed by atoms with Gasteiger partial charge in [-0.25, -0.2) is 18.7 Å². The van der Waals surface area contributed by atoms with E-state index in [2.05, 4.69) is 15.2 Å². The van der Waals surface area contributed by atoms with E-state index in [1.165, 1.54) is 12.1 Å². The zero-order chi connectivity index (χ0) is 21.4. The molecule has 0 spiro atoms. The van der Waals surface area contributed by atoms with Gasteiger partial charge in [-0.15, -0.1) is 0 Å². The Hall–Kier alpha value is -3.54. The third kappa shape index (κ3) is 2.79. The molecule has 2 aliphatic carbocycles. The summed E-state index contributed by atoms with van der Waals surface area (Å²) < 4.78 is 32.4. The van der Waals surface area contributed by atoms with Crippen LogP contribution >= 0.6 is 0 Å². The summed E-state index contributed by atoms with van der Waals surface area (Å²) >= 11 is 0. The lowest BCUT2D eigenvalue weighted by atomic mass is 10.2. The fourth-order valence-electron chi connectivity index (χ4n) is 4.75. The number of benzene rings is 3. The summed E-state index contributed by atoms with van der Waals surface area (Å²) in [6, 6.07) is 18.2. The molecule has 0 atom stereocenters. The predicted octanol–water partition coefficient (Wildman–Crippen LogP) is 6.67. The minimum Gasteiger partial charge on any atom is -0.321 e. The van der Waals surface area contributed by atoms with Crippen molar-refractivity contribution in [1.29, 1.82) is 0 Å². The van der Waals surface area contributed by atoms with Crippen molar-refractivity contribution in [2.24, 2.45) is 0 Å². The number of nitrogens with zero attached hydrogens (tertiary/aromatic N) is 4. The van der Waals surface area contributed by atoms with Gasteiger partial charge in [0, 0.05) is 23.2 Å². The van der Waals surface area contributed by atoms with Crippen molar-refractivity contribution in [3.63, 3.8) is 0 Å². The minimum absolute atomic E-state index is 0.261. The average molecular weight is 426 g/mol. The molecule has 32 heavy (non-hydrogen) atoms. The van der Waals surface area contributed by atoms with Crippen LogP contribution in [0.15, 0.2) is 60.7 Å². The van der Waals surface area contributed by atoms with Crippen LogP contribution in [-0.2, 0) is 0 Å². The van der Waals surface area contributed by atoms with Crippen LogP contribution in [0.4, 0.5) is 8.78 Å². The molecule has 0 N–H and O–H groups in total. The van der Waals surface area contributed by atoms with Crippen LogP contribution in [0, 0.1) is 11.6 Å². The smallest absolute Gasteiger partial charge is 0.141 e. The molecule has 158 valence electrons. The molecule has 0 bridgehead atoms. The summed E-state index contributed by atoms with van der Waals surface area (Å²) in [5.41, 5.74) is 5.39. The highest BCUT2D eigenvalue weighted by Gasteiger charge is 2.32. The zero-order valence-electron chi connectivity index (χ0n) is 17.3. The van der Waals surface area contributed by atoms with Crippen LogP contribution in [-0.4, -0.2) is 19.1 Å². The van der Waals surface area contributed by atoms with Gasteiger partial charge >= 0.3 is 0 Å². The summed E-state index contributed by atoms with van der Waals surface area (Å²) in [6.07, 6.45) is 4.40. The van der Waals surface area contributed by atoms with Crippen molar-refractivity contribution in [1.82, 2.24) is 19.1 Å². The van der Waals surface area contributed by atoms with Gasteiger partial charge in [0.15, 0.2) is 0 Å². The van der Waals surface area contributed by atoms with Gasteiger partial charge in [0.2, 0.25) is 0 Å². The van der Waals surface area contributed by atoms with E-state index in [0.717, 1.165) is 70.5 Å². The quantitative estimate of drug-likeness (QED) is 0.322. The average Bonchev–Trinajstić information content (AvgIpc) is 3.72. The standard InChI is InChI=1S/C26H20F2N4/c27-17-5-1-3-15(11-17)25-29-21-13-22-24(14-23(21)31(25)19-7-8-19)32(20-9-10-20)26(30-22)16-4-2-6-18(28)12-16/h1-6,11-14,19-20H,7-10H2. The molecular weight excluding hydrogens is 406 g/mol. The molecule has 0 aliphatic heterocycles. The Kier molecular flexibility index (Phi) is 3.66. The molecule has 2 aromatic heterocycles. The molecule has 6 heteroatoms. The van der Waals surface area contributed by atoms with Gasteiger partial charge in [-0.2, -0.15) is 0 Å². The van der Waals surface area contributed by atoms with Crippen LogP contribution in [0.3, 0.4) is 0 Å². The van der Waals surface area contributed by atoms with Crippen molar-refractivity contribution >= 4 is 22.1 Å². The number of rotatable bonds is 4. The highest BCUT2D eigenvalue weighted by Crippen LogP contribution is 2.45. The number of fused-ring (bicyclic) bond motifs is 2. The Morgan fingerprint density at radius 2 is 1.09 bits per heavy atom. The monoisotopic (exact) mass is 426 g/mol. The lowest BCUT2D eigenvalue weighted by molar-refractivity contribution is 0.627. The number of imidazole rings is 2. The van der Waals surface area contributed by atoms with Crippen molar-refractivity contribution in [3.8, 4) is 22.8 Å². The SMILES string of the molecule is Fc1cccc(-c2nc3cc4nc(-c5cccc(F)c5)n(C5CC5)c4cc3n2C2CC2)c1. The molecule has 2 fully saturated rings. The van der Waals surface area contributed by atoms with E-state index in [-0.39, 0.29) is 11.6 Å². The fourth-order valence-corrected chi connectivity index (χ4v) is 4.75. The maximum Gasteiger partial charge on any atom is 0.141 e. The first-order chi connectivity index (χ1) is 15.7. The van der Waals surface area contributed by atoms with Crippen molar-refractivity contribution in [2.45, 2.75) is 37.8 Å². The van der Waals surface area contributed by atoms with Gasteiger partial charge in [0.1, 0.15) is 23.3 Å². The lowest BCUT2D eigenvalue weighted by Crippen LogP contribution is -1.99. The maximum atomic E-state index is 13.9. The van der Waals surface area contributed by atoms with E-state index < -0.39 is 0 Å². The summed E-state index contributed by atoms with van der Waals surface area (Å²) in [5, 5.41) is 0. The second-order valence-electron chi connectivity index (χ2n) is 8.92. The van der Waals surface area contributed by atoms with Gasteiger partial charge < -0.3 is 9.13 Å². The molecule has 0 amide bonds. The molecule has 0 unspecified atom stereocenters. The topological polar surface area (TPSA) is 35.6 Å². The molecular formula is C26H20F2N4. The number of hydrogen-bond acceptors (Lipinski definition) is 2. The predicted molar refractivity (Wildman–Crippen MR) is 120 cm³/mol. The number of aromatic nitrogens is 4. The number of halogens is 2. The van der Waals surface area contributed by atoms with E-state index >= 15 is 0 Å². The van der Waals surface area contributed by atoms with Crippen LogP contribution in [0.1, 0.15) is 37.8 Å². The molecule has 7 rings (SSSR count). The largest absolute Gasteiger partial charge is 0.321 e. The van der Waals surface area contributed by atoms with Crippen LogP contribution in [0.25, 0.3) is 44.8 Å². The first-order valence-electron chi connectivity index (χ1n) is 11.1. The summed E-state index contributed by atoms with van der Waals surface area (Å²) in [5.74, 6) is 1.09. The molecule has 3 aromatic carbocycles. The van der Waals surface area contributed by atoms with Crippen molar-refractivity contribution < 1.29 is 8.78 Å². The van der Waals surface area contributed by atoms with Gasteiger partial charge in [0.25, 0.3) is 0 Å². The molecule has 2 heterocycles. The molecule has 2 saturated carbocycles. The Morgan fingerprint density at radius 3 is 1.50 bits per heavy atom. The van der Waals surface area contributed by atoms with Crippen LogP contribution < -0.4 is 0 Å². The third-order valence-corrected chi connectivity index (χ3v) is 6.49. The number of hydrogen-bond donors (Lipinski definition) is 0. The Balaban J connectivity index is 1.49. The Bertz CT molecular complexity index is 1410. The van der Waals surface area contributed by atoms with Gasteiger partial charge in [0.05, 0.1) is 22.1 Å². The molecule has 0 saturated heterocycles. The molecule has 4 nitrogen and oxygen atoms in total. The summed E-state index contributed by atoms with van der Waals surface area (Å²) in [7, 11) is 0. The van der Waals surface area contributed by atoms with Gasteiger partial charge in [-0.3, -0.25) is 0 Å². The van der Waals surface area contributed by atoms with Crippen molar-refractivity contribution in [3.05, 3.63) is 72.3 Å².